The maximum atomic E-state index is 13.1. The van der Waals surface area contributed by atoms with Gasteiger partial charge in [-0.25, -0.2) is 0 Å². The number of amides is 3. The number of nitrogens with one attached hydrogen (secondary N) is 1. The Hall–Kier alpha value is -2.63. The normalized spacial score (nSPS) is 15.2. The fraction of sp³-hybridized carbons (Fsp3) is 0.560. The number of hydrogen-bond donors (Lipinski definition) is 1. The van der Waals surface area contributed by atoms with Gasteiger partial charge in [-0.15, -0.1) is 0 Å². The van der Waals surface area contributed by atoms with Crippen molar-refractivity contribution in [2.24, 2.45) is 5.92 Å². The highest BCUT2D eigenvalue weighted by Gasteiger charge is 2.57. The fourth-order valence-corrected chi connectivity index (χ4v) is 4.38. The first-order chi connectivity index (χ1) is 17.6. The highest BCUT2D eigenvalue weighted by molar-refractivity contribution is 6.51. The van der Waals surface area contributed by atoms with Gasteiger partial charge >= 0.3 is 13.1 Å². The Morgan fingerprint density at radius 2 is 1.61 bits per heavy atom. The van der Waals surface area contributed by atoms with E-state index in [2.05, 4.69) is 5.32 Å². The summed E-state index contributed by atoms with van der Waals surface area (Å²) >= 11 is 12.0. The highest BCUT2D eigenvalue weighted by atomic mass is 35.5. The minimum Gasteiger partial charge on any atom is -0.507 e. The van der Waals surface area contributed by atoms with Crippen molar-refractivity contribution in [1.29, 1.82) is 0 Å². The number of carbonyl (C=O) groups excluding carboxylic acids is 5. The van der Waals surface area contributed by atoms with Crippen molar-refractivity contribution in [2.75, 3.05) is 34.7 Å². The molecule has 1 aromatic rings. The maximum Gasteiger partial charge on any atom is 0.531 e. The Morgan fingerprint density at radius 1 is 1.03 bits per heavy atom. The van der Waals surface area contributed by atoms with Crippen molar-refractivity contribution >= 4 is 59.8 Å². The largest absolute Gasteiger partial charge is 0.531 e. The van der Waals surface area contributed by atoms with E-state index in [1.165, 1.54) is 50.1 Å². The lowest BCUT2D eigenvalue weighted by molar-refractivity contribution is -0.153. The van der Waals surface area contributed by atoms with Gasteiger partial charge in [0.25, 0.3) is 5.91 Å². The summed E-state index contributed by atoms with van der Waals surface area (Å²) in [5.74, 6) is -2.98. The second-order valence-electron chi connectivity index (χ2n) is 10.3. The summed E-state index contributed by atoms with van der Waals surface area (Å²) in [6, 6.07) is 4.43. The molecule has 38 heavy (non-hydrogen) atoms. The van der Waals surface area contributed by atoms with E-state index in [9.17, 15) is 24.0 Å². The smallest absolute Gasteiger partial charge is 0.507 e. The molecule has 1 aliphatic rings. The first-order valence-corrected chi connectivity index (χ1v) is 12.9. The zero-order chi connectivity index (χ0) is 28.8. The topological polar surface area (TPSA) is 122 Å². The van der Waals surface area contributed by atoms with Gasteiger partial charge in [0.2, 0.25) is 11.8 Å². The molecule has 0 unspecified atom stereocenters. The molecule has 2 rings (SSSR count). The molecule has 1 atom stereocenters. The summed E-state index contributed by atoms with van der Waals surface area (Å²) in [6.07, 6.45) is -0.377. The van der Waals surface area contributed by atoms with Gasteiger partial charge in [-0.2, -0.15) is 0 Å². The average Bonchev–Trinajstić information content (AvgIpc) is 3.13. The standard InChI is InChI=1S/C25H34BCl2N3O7/c1-15(2)9-16(10-18(32)14-29-23(35)19-11-17(27)7-8-20(19)28)26-37-24(36)25(38-26,12-21(33)30(3)4)13-22(34)31(5)6/h7-8,11,15-16H,9-10,12-14H2,1-6H3,(H,29,35)/t16-/m1/s1. The summed E-state index contributed by atoms with van der Waals surface area (Å²) in [5, 5.41) is 3.06. The second kappa shape index (κ2) is 13.4. The van der Waals surface area contributed by atoms with Crippen LogP contribution in [-0.4, -0.2) is 86.7 Å². The van der Waals surface area contributed by atoms with Crippen LogP contribution in [0.3, 0.4) is 0 Å². The van der Waals surface area contributed by atoms with Crippen molar-refractivity contribution < 1.29 is 33.3 Å². The van der Waals surface area contributed by atoms with E-state index in [0.29, 0.717) is 11.4 Å². The lowest BCUT2D eigenvalue weighted by Crippen LogP contribution is -2.46. The van der Waals surface area contributed by atoms with Gasteiger partial charge < -0.3 is 24.4 Å². The van der Waals surface area contributed by atoms with Gasteiger partial charge in [-0.3, -0.25) is 24.0 Å². The van der Waals surface area contributed by atoms with E-state index < -0.39 is 42.2 Å². The predicted molar refractivity (Wildman–Crippen MR) is 144 cm³/mol. The van der Waals surface area contributed by atoms with Crippen LogP contribution in [0.25, 0.3) is 0 Å². The minimum atomic E-state index is -1.80. The number of nitrogens with zero attached hydrogens (tertiary/aromatic N) is 2. The summed E-state index contributed by atoms with van der Waals surface area (Å²) in [4.78, 5) is 66.1. The molecule has 1 saturated heterocycles. The molecule has 0 spiro atoms. The van der Waals surface area contributed by atoms with Crippen molar-refractivity contribution in [3.8, 4) is 0 Å². The van der Waals surface area contributed by atoms with Crippen LogP contribution in [0.5, 0.6) is 0 Å². The van der Waals surface area contributed by atoms with Crippen molar-refractivity contribution in [2.45, 2.75) is 50.9 Å². The lowest BCUT2D eigenvalue weighted by Gasteiger charge is -2.27. The second-order valence-corrected chi connectivity index (χ2v) is 11.1. The van der Waals surface area contributed by atoms with E-state index in [1.54, 1.807) is 6.07 Å². The lowest BCUT2D eigenvalue weighted by atomic mass is 9.65. The van der Waals surface area contributed by atoms with Crippen molar-refractivity contribution in [3.63, 3.8) is 0 Å². The molecule has 1 aliphatic heterocycles. The highest BCUT2D eigenvalue weighted by Crippen LogP contribution is 2.38. The van der Waals surface area contributed by atoms with Gasteiger partial charge in [0.1, 0.15) is 0 Å². The van der Waals surface area contributed by atoms with E-state index >= 15 is 0 Å². The zero-order valence-electron chi connectivity index (χ0n) is 22.5. The Labute approximate surface area is 233 Å². The summed E-state index contributed by atoms with van der Waals surface area (Å²) in [7, 11) is 5.00. The third-order valence-electron chi connectivity index (χ3n) is 6.08. The molecule has 0 aromatic heterocycles. The fourth-order valence-electron chi connectivity index (χ4n) is 4.00. The Morgan fingerprint density at radius 3 is 2.13 bits per heavy atom. The molecule has 1 aromatic carbocycles. The molecule has 0 bridgehead atoms. The summed E-state index contributed by atoms with van der Waals surface area (Å²) in [5.41, 5.74) is -1.66. The Bertz CT molecular complexity index is 1060. The van der Waals surface area contributed by atoms with Crippen LogP contribution >= 0.6 is 23.2 Å². The number of benzene rings is 1. The van der Waals surface area contributed by atoms with E-state index in [0.717, 1.165) is 0 Å². The summed E-state index contributed by atoms with van der Waals surface area (Å²) in [6.45, 7) is 3.59. The molecule has 208 valence electrons. The number of ketones is 1. The van der Waals surface area contributed by atoms with Crippen LogP contribution < -0.4 is 5.32 Å². The number of Topliss-reactive ketones (excluding diaryl/α,β-unsaturated/α-hetero) is 1. The number of carbonyl (C=O) groups is 5. The van der Waals surface area contributed by atoms with Gasteiger partial charge in [0.05, 0.1) is 30.0 Å². The van der Waals surface area contributed by atoms with Crippen LogP contribution in [0.1, 0.15) is 49.9 Å². The first kappa shape index (κ1) is 31.6. The van der Waals surface area contributed by atoms with Crippen LogP contribution in [0, 0.1) is 5.92 Å². The first-order valence-electron chi connectivity index (χ1n) is 12.2. The SMILES string of the molecule is CC(C)C[C@H](CC(=O)CNC(=O)c1cc(Cl)ccc1Cl)B1OC(=O)C(CC(=O)N(C)C)(CC(=O)N(C)C)O1. The Balaban J connectivity index is 2.18. The monoisotopic (exact) mass is 569 g/mol. The van der Waals surface area contributed by atoms with Gasteiger partial charge in [-0.1, -0.05) is 37.0 Å². The maximum absolute atomic E-state index is 13.1. The number of halogens is 2. The number of hydrogen-bond acceptors (Lipinski definition) is 7. The third kappa shape index (κ3) is 8.44. The zero-order valence-corrected chi connectivity index (χ0v) is 24.0. The molecular formula is C25H34BCl2N3O7. The summed E-state index contributed by atoms with van der Waals surface area (Å²) < 4.78 is 11.6. The third-order valence-corrected chi connectivity index (χ3v) is 6.64. The van der Waals surface area contributed by atoms with Gasteiger partial charge in [-0.05, 0) is 30.5 Å². The molecule has 0 saturated carbocycles. The molecule has 13 heteroatoms. The molecule has 3 amide bonds. The molecule has 0 aliphatic carbocycles. The molecule has 1 heterocycles. The predicted octanol–water partition coefficient (Wildman–Crippen LogP) is 2.86. The van der Waals surface area contributed by atoms with Gasteiger partial charge in [0.15, 0.2) is 11.4 Å². The quantitative estimate of drug-likeness (QED) is 0.384. The van der Waals surface area contributed by atoms with E-state index in [-0.39, 0.29) is 48.1 Å². The average molecular weight is 570 g/mol. The van der Waals surface area contributed by atoms with Gasteiger partial charge in [0, 0.05) is 45.5 Å². The van der Waals surface area contributed by atoms with Crippen molar-refractivity contribution in [3.05, 3.63) is 33.8 Å². The molecule has 1 fully saturated rings. The van der Waals surface area contributed by atoms with Crippen molar-refractivity contribution in [1.82, 2.24) is 15.1 Å². The number of rotatable bonds is 12. The van der Waals surface area contributed by atoms with E-state index in [1.807, 2.05) is 13.8 Å². The molecular weight excluding hydrogens is 536 g/mol. The van der Waals surface area contributed by atoms with E-state index in [4.69, 9.17) is 32.5 Å². The molecule has 10 nitrogen and oxygen atoms in total. The van der Waals surface area contributed by atoms with Crippen LogP contribution in [0.4, 0.5) is 0 Å². The van der Waals surface area contributed by atoms with Crippen LogP contribution in [-0.2, 0) is 28.5 Å². The van der Waals surface area contributed by atoms with Crippen LogP contribution in [0.15, 0.2) is 18.2 Å². The molecule has 1 N–H and O–H groups in total. The van der Waals surface area contributed by atoms with Crippen LogP contribution in [0.2, 0.25) is 15.9 Å². The molecule has 0 radical (unpaired) electrons. The minimum absolute atomic E-state index is 0.0704. The Kier molecular flexibility index (Phi) is 11.2.